The zero-order chi connectivity index (χ0) is 18.5. The molecular weight excluding hydrogens is 346 g/mol. The molecule has 0 unspecified atom stereocenters. The minimum absolute atomic E-state index is 0.350. The molecule has 0 radical (unpaired) electrons. The molecule has 130 valence electrons. The first-order chi connectivity index (χ1) is 12.7. The summed E-state index contributed by atoms with van der Waals surface area (Å²) in [4.78, 5) is 17.4. The first-order valence-corrected chi connectivity index (χ1v) is 8.94. The smallest absolute Gasteiger partial charge is 0.279 e. The number of hydrogen-bond acceptors (Lipinski definition) is 4. The van der Waals surface area contributed by atoms with Gasteiger partial charge in [0.25, 0.3) is 5.91 Å². The Morgan fingerprint density at radius 1 is 1.35 bits per heavy atom. The number of amides is 1. The van der Waals surface area contributed by atoms with Gasteiger partial charge >= 0.3 is 0 Å². The molecule has 1 heterocycles. The molecule has 1 aromatic heterocycles. The number of aromatic nitrogens is 1. The van der Waals surface area contributed by atoms with E-state index in [2.05, 4.69) is 11.6 Å². The Morgan fingerprint density at radius 3 is 2.77 bits per heavy atom. The van der Waals surface area contributed by atoms with Crippen LogP contribution in [-0.2, 0) is 6.54 Å². The molecule has 3 rings (SSSR count). The molecule has 5 nitrogen and oxygen atoms in total. The number of nitriles is 1. The number of carbonyl (C=O) groups is 1. The summed E-state index contributed by atoms with van der Waals surface area (Å²) >= 11 is 1.43. The van der Waals surface area contributed by atoms with Crippen LogP contribution in [0.1, 0.15) is 22.8 Å². The van der Waals surface area contributed by atoms with E-state index in [1.807, 2.05) is 35.8 Å². The first-order valence-electron chi connectivity index (χ1n) is 8.13. The van der Waals surface area contributed by atoms with Gasteiger partial charge in [0.2, 0.25) is 0 Å². The predicted molar refractivity (Wildman–Crippen MR) is 102 cm³/mol. The van der Waals surface area contributed by atoms with Gasteiger partial charge in [0, 0.05) is 12.1 Å². The molecular formula is C20H17N3O2S. The average Bonchev–Trinajstić information content (AvgIpc) is 3.00. The van der Waals surface area contributed by atoms with Crippen LogP contribution in [0.2, 0.25) is 0 Å². The molecule has 0 N–H and O–H groups in total. The lowest BCUT2D eigenvalue weighted by Gasteiger charge is -2.07. The van der Waals surface area contributed by atoms with E-state index >= 15 is 0 Å². The SMILES string of the molecule is C=CCn1c(=NC(=O)c2ccc(C#N)cc2)sc2cccc(OCC)c21. The molecule has 0 saturated heterocycles. The van der Waals surface area contributed by atoms with Gasteiger partial charge in [-0.3, -0.25) is 4.79 Å². The molecule has 0 spiro atoms. The van der Waals surface area contributed by atoms with Crippen molar-refractivity contribution in [2.45, 2.75) is 13.5 Å². The van der Waals surface area contributed by atoms with Gasteiger partial charge in [-0.15, -0.1) is 6.58 Å². The molecule has 0 bridgehead atoms. The van der Waals surface area contributed by atoms with E-state index in [0.29, 0.717) is 29.1 Å². The van der Waals surface area contributed by atoms with Crippen molar-refractivity contribution in [1.82, 2.24) is 4.57 Å². The van der Waals surface area contributed by atoms with Crippen molar-refractivity contribution in [1.29, 1.82) is 5.26 Å². The van der Waals surface area contributed by atoms with E-state index < -0.39 is 0 Å². The van der Waals surface area contributed by atoms with Crippen molar-refractivity contribution in [3.05, 3.63) is 71.0 Å². The van der Waals surface area contributed by atoms with E-state index in [9.17, 15) is 4.79 Å². The highest BCUT2D eigenvalue weighted by molar-refractivity contribution is 7.16. The van der Waals surface area contributed by atoms with E-state index in [0.717, 1.165) is 16.0 Å². The fraction of sp³-hybridized carbons (Fsp3) is 0.150. The minimum Gasteiger partial charge on any atom is -0.492 e. The maximum absolute atomic E-state index is 12.5. The van der Waals surface area contributed by atoms with Crippen molar-refractivity contribution in [2.24, 2.45) is 4.99 Å². The van der Waals surface area contributed by atoms with Crippen LogP contribution < -0.4 is 9.54 Å². The van der Waals surface area contributed by atoms with E-state index in [-0.39, 0.29) is 5.91 Å². The summed E-state index contributed by atoms with van der Waals surface area (Å²) in [6.07, 6.45) is 1.76. The number of ether oxygens (including phenoxy) is 1. The fourth-order valence-electron chi connectivity index (χ4n) is 2.59. The van der Waals surface area contributed by atoms with Crippen molar-refractivity contribution < 1.29 is 9.53 Å². The topological polar surface area (TPSA) is 67.4 Å². The van der Waals surface area contributed by atoms with Crippen LogP contribution in [0.3, 0.4) is 0 Å². The second-order valence-electron chi connectivity index (χ2n) is 5.43. The van der Waals surface area contributed by atoms with Gasteiger partial charge in [-0.2, -0.15) is 10.3 Å². The lowest BCUT2D eigenvalue weighted by molar-refractivity contribution is 0.0998. The van der Waals surface area contributed by atoms with Gasteiger partial charge < -0.3 is 9.30 Å². The van der Waals surface area contributed by atoms with Crippen LogP contribution in [0.5, 0.6) is 5.75 Å². The summed E-state index contributed by atoms with van der Waals surface area (Å²) in [5.41, 5.74) is 1.86. The number of thiazole rings is 1. The summed E-state index contributed by atoms with van der Waals surface area (Å²) < 4.78 is 8.65. The molecule has 26 heavy (non-hydrogen) atoms. The Morgan fingerprint density at radius 2 is 2.12 bits per heavy atom. The number of para-hydroxylation sites is 1. The summed E-state index contributed by atoms with van der Waals surface area (Å²) in [5, 5.41) is 8.87. The van der Waals surface area contributed by atoms with Crippen LogP contribution >= 0.6 is 11.3 Å². The van der Waals surface area contributed by atoms with Gasteiger partial charge in [0.1, 0.15) is 11.3 Å². The van der Waals surface area contributed by atoms with Crippen LogP contribution in [0.25, 0.3) is 10.2 Å². The van der Waals surface area contributed by atoms with Crippen molar-refractivity contribution in [3.8, 4) is 11.8 Å². The van der Waals surface area contributed by atoms with Gasteiger partial charge in [-0.1, -0.05) is 23.5 Å². The first kappa shape index (κ1) is 17.6. The van der Waals surface area contributed by atoms with Crippen molar-refractivity contribution >= 4 is 27.5 Å². The Balaban J connectivity index is 2.13. The molecule has 2 aromatic carbocycles. The Hall–Kier alpha value is -3.17. The van der Waals surface area contributed by atoms with Gasteiger partial charge in [-0.25, -0.2) is 0 Å². The lowest BCUT2D eigenvalue weighted by Crippen LogP contribution is -2.16. The fourth-order valence-corrected chi connectivity index (χ4v) is 3.65. The number of allylic oxidation sites excluding steroid dienone is 1. The average molecular weight is 363 g/mol. The van der Waals surface area contributed by atoms with Gasteiger partial charge in [0.05, 0.1) is 22.9 Å². The number of benzene rings is 2. The number of carbonyl (C=O) groups excluding carboxylic acids is 1. The van der Waals surface area contributed by atoms with Crippen LogP contribution in [-0.4, -0.2) is 17.1 Å². The van der Waals surface area contributed by atoms with Crippen molar-refractivity contribution in [3.63, 3.8) is 0 Å². The molecule has 0 fully saturated rings. The Kier molecular flexibility index (Phi) is 5.30. The van der Waals surface area contributed by atoms with Gasteiger partial charge in [0.15, 0.2) is 4.80 Å². The monoisotopic (exact) mass is 363 g/mol. The van der Waals surface area contributed by atoms with Crippen LogP contribution in [0, 0.1) is 11.3 Å². The maximum Gasteiger partial charge on any atom is 0.279 e. The lowest BCUT2D eigenvalue weighted by atomic mass is 10.1. The highest BCUT2D eigenvalue weighted by Crippen LogP contribution is 2.27. The number of nitrogens with zero attached hydrogens (tertiary/aromatic N) is 3. The normalized spacial score (nSPS) is 11.3. The van der Waals surface area contributed by atoms with Crippen molar-refractivity contribution in [2.75, 3.05) is 6.61 Å². The molecule has 0 atom stereocenters. The third-order valence-electron chi connectivity index (χ3n) is 3.73. The largest absolute Gasteiger partial charge is 0.492 e. The number of hydrogen-bond donors (Lipinski definition) is 0. The molecule has 0 aliphatic carbocycles. The second kappa shape index (κ2) is 7.81. The number of rotatable bonds is 5. The highest BCUT2D eigenvalue weighted by atomic mass is 32.1. The Labute approximate surface area is 155 Å². The number of fused-ring (bicyclic) bond motifs is 1. The molecule has 0 aliphatic rings. The highest BCUT2D eigenvalue weighted by Gasteiger charge is 2.12. The molecule has 0 aliphatic heterocycles. The minimum atomic E-state index is -0.350. The van der Waals surface area contributed by atoms with E-state index in [4.69, 9.17) is 10.00 Å². The standard InChI is InChI=1S/C20H17N3O2S/c1-3-12-23-18-16(25-4-2)6-5-7-17(18)26-20(23)22-19(24)15-10-8-14(13-21)9-11-15/h3,5-11H,1,4,12H2,2H3. The zero-order valence-corrected chi connectivity index (χ0v) is 15.1. The summed E-state index contributed by atoms with van der Waals surface area (Å²) in [5.74, 6) is 0.409. The maximum atomic E-state index is 12.5. The molecule has 6 heteroatoms. The third-order valence-corrected chi connectivity index (χ3v) is 4.78. The summed E-state index contributed by atoms with van der Waals surface area (Å²) in [7, 11) is 0. The molecule has 1 amide bonds. The third kappa shape index (κ3) is 3.44. The second-order valence-corrected chi connectivity index (χ2v) is 6.44. The summed E-state index contributed by atoms with van der Waals surface area (Å²) in [6, 6.07) is 14.3. The van der Waals surface area contributed by atoms with Gasteiger partial charge in [-0.05, 0) is 43.3 Å². The quantitative estimate of drug-likeness (QED) is 0.646. The Bertz CT molecular complexity index is 1070. The zero-order valence-electron chi connectivity index (χ0n) is 14.3. The van der Waals surface area contributed by atoms with E-state index in [1.165, 1.54) is 11.3 Å². The molecule has 0 saturated carbocycles. The van der Waals surface area contributed by atoms with E-state index in [1.54, 1.807) is 30.3 Å². The molecule has 3 aromatic rings. The summed E-state index contributed by atoms with van der Waals surface area (Å²) in [6.45, 7) is 6.81. The van der Waals surface area contributed by atoms with Crippen LogP contribution in [0.4, 0.5) is 0 Å². The predicted octanol–water partition coefficient (Wildman–Crippen LogP) is 3.90. The van der Waals surface area contributed by atoms with Crippen LogP contribution in [0.15, 0.2) is 60.1 Å².